The van der Waals surface area contributed by atoms with E-state index >= 15 is 0 Å². The molecule has 4 aromatic rings. The van der Waals surface area contributed by atoms with E-state index in [0.29, 0.717) is 52.0 Å². The maximum Gasteiger partial charge on any atom is 0.419 e. The maximum absolute atomic E-state index is 13.0. The van der Waals surface area contributed by atoms with Crippen LogP contribution in [0.3, 0.4) is 0 Å². The standard InChI is InChI=1S/C21H22ClN5O3.C8H7F4N/c1-3-5-13(23-4-2)9-16(24-11-28)21-26-19(20(22)27-21)12-6-7-15-14(8-12)17(29)10-18(30)25-15;9-7-5(4-13)2-1-3-6(7)8(10,11)12/h4-8,10-11,16,23H,2-3,9H2,1H3,(H,24,28)(H,26,27)(H2,25,29,30);1-3H,4,13H2/b13-5-;/t16-;/m0./s1. The number of fused-ring (bicyclic) bond motifs is 1. The van der Waals surface area contributed by atoms with E-state index in [9.17, 15) is 32.3 Å². The molecule has 4 rings (SSSR count). The molecule has 1 amide bonds. The lowest BCUT2D eigenvalue weighted by Crippen LogP contribution is -2.23. The van der Waals surface area contributed by atoms with Crippen molar-refractivity contribution in [3.63, 3.8) is 0 Å². The number of pyridine rings is 1. The zero-order valence-corrected chi connectivity index (χ0v) is 23.6. The molecule has 0 radical (unpaired) electrons. The molecule has 1 atom stereocenters. The SMILES string of the molecule is C=CN/C(=C\CC)C[C@H](NC=O)c1nc(-c2ccc3[nH]c(=O)cc(O)c3c2)c(Cl)[nH]1.NCc1cccc(C(F)(F)F)c1F. The fourth-order valence-electron chi connectivity index (χ4n) is 4.18. The largest absolute Gasteiger partial charge is 0.507 e. The minimum Gasteiger partial charge on any atom is -0.507 e. The van der Waals surface area contributed by atoms with Gasteiger partial charge in [-0.2, -0.15) is 13.2 Å². The highest BCUT2D eigenvalue weighted by Crippen LogP contribution is 2.33. The van der Waals surface area contributed by atoms with E-state index in [1.165, 1.54) is 6.07 Å². The first-order valence-corrected chi connectivity index (χ1v) is 13.2. The van der Waals surface area contributed by atoms with E-state index in [0.717, 1.165) is 24.3 Å². The zero-order valence-electron chi connectivity index (χ0n) is 22.9. The number of nitrogens with zero attached hydrogens (tertiary/aromatic N) is 1. The second kappa shape index (κ2) is 14.5. The third-order valence-electron chi connectivity index (χ3n) is 6.14. The Balaban J connectivity index is 0.000000326. The number of benzene rings is 2. The average molecular weight is 621 g/mol. The minimum atomic E-state index is -4.66. The Morgan fingerprint density at radius 3 is 2.60 bits per heavy atom. The third kappa shape index (κ3) is 8.23. The highest BCUT2D eigenvalue weighted by Gasteiger charge is 2.34. The van der Waals surface area contributed by atoms with Gasteiger partial charge in [-0.3, -0.25) is 9.59 Å². The number of nitrogens with one attached hydrogen (secondary N) is 4. The molecule has 0 spiro atoms. The number of aromatic hydroxyl groups is 1. The van der Waals surface area contributed by atoms with Crippen molar-refractivity contribution in [3.8, 4) is 17.0 Å². The number of aromatic nitrogens is 3. The fraction of sp³-hybridized carbons (Fsp3) is 0.207. The summed E-state index contributed by atoms with van der Waals surface area (Å²) in [5, 5.41) is 16.7. The molecule has 2 aromatic carbocycles. The first-order valence-electron chi connectivity index (χ1n) is 12.9. The lowest BCUT2D eigenvalue weighted by Gasteiger charge is -2.16. The van der Waals surface area contributed by atoms with Gasteiger partial charge in [0, 0.05) is 41.2 Å². The van der Waals surface area contributed by atoms with E-state index < -0.39 is 23.6 Å². The quantitative estimate of drug-likeness (QED) is 0.0977. The molecule has 0 unspecified atom stereocenters. The molecule has 0 saturated carbocycles. The smallest absolute Gasteiger partial charge is 0.419 e. The van der Waals surface area contributed by atoms with Crippen LogP contribution in [0.5, 0.6) is 5.75 Å². The van der Waals surface area contributed by atoms with Crippen LogP contribution in [0, 0.1) is 5.82 Å². The molecule has 0 aliphatic carbocycles. The van der Waals surface area contributed by atoms with Crippen LogP contribution in [-0.2, 0) is 17.5 Å². The van der Waals surface area contributed by atoms with E-state index in [1.807, 2.05) is 13.0 Å². The van der Waals surface area contributed by atoms with Crippen molar-refractivity contribution in [1.82, 2.24) is 25.6 Å². The molecule has 0 bridgehead atoms. The molecule has 7 N–H and O–H groups in total. The number of hydrogen-bond donors (Lipinski definition) is 6. The monoisotopic (exact) mass is 620 g/mol. The lowest BCUT2D eigenvalue weighted by atomic mass is 10.1. The van der Waals surface area contributed by atoms with Crippen LogP contribution in [0.2, 0.25) is 5.15 Å². The number of H-pyrrole nitrogens is 2. The molecule has 228 valence electrons. The number of rotatable bonds is 10. The van der Waals surface area contributed by atoms with Gasteiger partial charge >= 0.3 is 6.18 Å². The molecule has 43 heavy (non-hydrogen) atoms. The van der Waals surface area contributed by atoms with E-state index in [2.05, 4.69) is 32.2 Å². The van der Waals surface area contributed by atoms with Crippen molar-refractivity contribution in [2.24, 2.45) is 5.73 Å². The summed E-state index contributed by atoms with van der Waals surface area (Å²) in [6.07, 6.45) is 0.807. The number of allylic oxidation sites excluding steroid dienone is 1. The summed E-state index contributed by atoms with van der Waals surface area (Å²) in [6.45, 7) is 5.45. The number of carbonyl (C=O) groups excluding carboxylic acids is 1. The molecule has 9 nitrogen and oxygen atoms in total. The number of halogens is 5. The Bertz CT molecular complexity index is 1680. The topological polar surface area (TPSA) is 149 Å². The predicted molar refractivity (Wildman–Crippen MR) is 156 cm³/mol. The number of amides is 1. The minimum absolute atomic E-state index is 0.130. The van der Waals surface area contributed by atoms with Gasteiger partial charge in [0.25, 0.3) is 5.56 Å². The summed E-state index contributed by atoms with van der Waals surface area (Å²) >= 11 is 6.40. The van der Waals surface area contributed by atoms with Gasteiger partial charge < -0.3 is 31.4 Å². The average Bonchev–Trinajstić information content (AvgIpc) is 3.34. The van der Waals surface area contributed by atoms with E-state index in [4.69, 9.17) is 17.3 Å². The second-order valence-corrected chi connectivity index (χ2v) is 9.45. The Morgan fingerprint density at radius 1 is 1.23 bits per heavy atom. The van der Waals surface area contributed by atoms with Crippen LogP contribution < -0.4 is 21.9 Å². The van der Waals surface area contributed by atoms with Crippen molar-refractivity contribution in [1.29, 1.82) is 0 Å². The van der Waals surface area contributed by atoms with Crippen molar-refractivity contribution < 1.29 is 27.5 Å². The molecule has 0 aliphatic rings. The number of aromatic amines is 2. The van der Waals surface area contributed by atoms with Gasteiger partial charge in [0.2, 0.25) is 6.41 Å². The fourth-order valence-corrected chi connectivity index (χ4v) is 4.43. The molecule has 2 heterocycles. The first-order chi connectivity index (χ1) is 20.4. The van der Waals surface area contributed by atoms with Crippen LogP contribution in [0.4, 0.5) is 17.6 Å². The Hall–Kier alpha value is -4.62. The normalized spacial score (nSPS) is 12.3. The summed E-state index contributed by atoms with van der Waals surface area (Å²) in [4.78, 5) is 33.0. The predicted octanol–water partition coefficient (Wildman–Crippen LogP) is 5.78. The molecule has 14 heteroatoms. The molecule has 0 fully saturated rings. The Kier molecular flexibility index (Phi) is 11.1. The number of alkyl halides is 3. The van der Waals surface area contributed by atoms with Gasteiger partial charge in [-0.1, -0.05) is 49.4 Å². The van der Waals surface area contributed by atoms with Crippen molar-refractivity contribution >= 4 is 28.9 Å². The molecular weight excluding hydrogens is 592 g/mol. The summed E-state index contributed by atoms with van der Waals surface area (Å²) in [5.74, 6) is -0.925. The Morgan fingerprint density at radius 2 is 1.98 bits per heavy atom. The molecular formula is C29H29ClF4N6O3. The molecule has 2 aromatic heterocycles. The van der Waals surface area contributed by atoms with Gasteiger partial charge in [-0.15, -0.1) is 0 Å². The van der Waals surface area contributed by atoms with E-state index in [1.54, 1.807) is 24.4 Å². The number of hydrogen-bond acceptors (Lipinski definition) is 6. The highest BCUT2D eigenvalue weighted by atomic mass is 35.5. The van der Waals surface area contributed by atoms with Gasteiger partial charge in [0.1, 0.15) is 28.2 Å². The van der Waals surface area contributed by atoms with Crippen LogP contribution in [0.15, 0.2) is 71.8 Å². The number of imidazole rings is 1. The summed E-state index contributed by atoms with van der Waals surface area (Å²) < 4.78 is 49.2. The van der Waals surface area contributed by atoms with Crippen LogP contribution in [0.1, 0.15) is 42.8 Å². The summed E-state index contributed by atoms with van der Waals surface area (Å²) in [5.41, 5.74) is 5.77. The summed E-state index contributed by atoms with van der Waals surface area (Å²) in [7, 11) is 0. The van der Waals surface area contributed by atoms with E-state index in [-0.39, 0.29) is 23.4 Å². The zero-order chi connectivity index (χ0) is 31.7. The second-order valence-electron chi connectivity index (χ2n) is 9.07. The third-order valence-corrected chi connectivity index (χ3v) is 6.41. The lowest BCUT2D eigenvalue weighted by molar-refractivity contribution is -0.140. The maximum atomic E-state index is 13.0. The van der Waals surface area contributed by atoms with Gasteiger partial charge in [0.15, 0.2) is 0 Å². The Labute approximate surface area is 248 Å². The van der Waals surface area contributed by atoms with Crippen molar-refractivity contribution in [2.75, 3.05) is 0 Å². The summed E-state index contributed by atoms with van der Waals surface area (Å²) in [6, 6.07) is 8.83. The molecule has 0 saturated heterocycles. The van der Waals surface area contributed by atoms with Crippen LogP contribution in [-0.4, -0.2) is 26.5 Å². The molecule has 0 aliphatic heterocycles. The van der Waals surface area contributed by atoms with Gasteiger partial charge in [-0.25, -0.2) is 9.37 Å². The van der Waals surface area contributed by atoms with Gasteiger partial charge in [0.05, 0.1) is 17.1 Å². The van der Waals surface area contributed by atoms with Crippen molar-refractivity contribution in [3.05, 3.63) is 105 Å². The number of carbonyl (C=O) groups is 1. The number of nitrogens with two attached hydrogens (primary N) is 1. The van der Waals surface area contributed by atoms with Crippen LogP contribution >= 0.6 is 11.6 Å². The first kappa shape index (κ1) is 32.9. The highest BCUT2D eigenvalue weighted by molar-refractivity contribution is 6.32. The van der Waals surface area contributed by atoms with Crippen molar-refractivity contribution in [2.45, 2.75) is 38.5 Å². The van der Waals surface area contributed by atoms with Crippen LogP contribution in [0.25, 0.3) is 22.2 Å². The van der Waals surface area contributed by atoms with Gasteiger partial charge in [-0.05, 0) is 30.8 Å².